The molecule has 7 heteroatoms. The first-order valence-electron chi connectivity index (χ1n) is 9.94. The molecule has 1 aliphatic heterocycles. The molecule has 152 valence electrons. The third kappa shape index (κ3) is 2.07. The van der Waals surface area contributed by atoms with Gasteiger partial charge in [-0.25, -0.2) is 4.90 Å². The van der Waals surface area contributed by atoms with Crippen LogP contribution in [-0.4, -0.2) is 16.7 Å². The fourth-order valence-electron chi connectivity index (χ4n) is 5.91. The minimum Gasteiger partial charge on any atom is -0.274 e. The van der Waals surface area contributed by atoms with Crippen molar-refractivity contribution < 1.29 is 14.5 Å². The monoisotopic (exact) mass is 474 g/mol. The molecule has 6 nitrogen and oxygen atoms in total. The molecule has 2 bridgehead atoms. The number of nitrogens with zero attached hydrogens (tertiary/aromatic N) is 2. The Morgan fingerprint density at radius 3 is 2.06 bits per heavy atom. The molecular formula is C24H15BrN2O4. The Morgan fingerprint density at radius 1 is 0.871 bits per heavy atom. The third-order valence-corrected chi connectivity index (χ3v) is 7.42. The van der Waals surface area contributed by atoms with Crippen LogP contribution in [0.15, 0.2) is 77.3 Å². The lowest BCUT2D eigenvalue weighted by Gasteiger charge is -2.48. The second kappa shape index (κ2) is 6.11. The number of carbonyl (C=O) groups excluding carboxylic acids is 2. The average molecular weight is 475 g/mol. The van der Waals surface area contributed by atoms with E-state index in [1.165, 1.54) is 0 Å². The number of hydrogen-bond donors (Lipinski definition) is 0. The van der Waals surface area contributed by atoms with E-state index in [1.807, 2.05) is 24.3 Å². The number of halogens is 1. The number of hydrogen-bond acceptors (Lipinski definition) is 4. The molecule has 1 heterocycles. The summed E-state index contributed by atoms with van der Waals surface area (Å²) in [5.41, 5.74) is 1.18. The van der Waals surface area contributed by atoms with Crippen LogP contribution in [0, 0.1) is 22.0 Å². The summed E-state index contributed by atoms with van der Waals surface area (Å²) >= 11 is 3.38. The maximum atomic E-state index is 13.8. The van der Waals surface area contributed by atoms with Crippen LogP contribution in [0.1, 0.15) is 28.2 Å². The molecule has 0 spiro atoms. The average Bonchev–Trinajstić information content (AvgIpc) is 3.04. The van der Waals surface area contributed by atoms with Gasteiger partial charge in [0, 0.05) is 26.4 Å². The molecule has 2 amide bonds. The van der Waals surface area contributed by atoms with Gasteiger partial charge in [0.05, 0.1) is 11.6 Å². The fraction of sp³-hybridized carbons (Fsp3) is 0.167. The predicted molar refractivity (Wildman–Crippen MR) is 116 cm³/mol. The van der Waals surface area contributed by atoms with E-state index in [1.54, 1.807) is 48.5 Å². The Balaban J connectivity index is 1.68. The number of imide groups is 1. The molecule has 0 radical (unpaired) electrons. The van der Waals surface area contributed by atoms with Gasteiger partial charge in [-0.15, -0.1) is 0 Å². The van der Waals surface area contributed by atoms with Crippen LogP contribution in [0.4, 0.5) is 5.69 Å². The highest BCUT2D eigenvalue weighted by atomic mass is 79.9. The predicted octanol–water partition coefficient (Wildman–Crippen LogP) is 4.23. The molecule has 7 rings (SSSR count). The zero-order valence-electron chi connectivity index (χ0n) is 16.1. The highest BCUT2D eigenvalue weighted by Gasteiger charge is 2.74. The summed E-state index contributed by atoms with van der Waals surface area (Å²) in [5.74, 6) is -3.20. The number of rotatable bonds is 2. The first-order chi connectivity index (χ1) is 15.0. The Morgan fingerprint density at radius 2 is 1.48 bits per heavy atom. The number of benzene rings is 3. The van der Waals surface area contributed by atoms with Crippen LogP contribution in [0.25, 0.3) is 0 Å². The summed E-state index contributed by atoms with van der Waals surface area (Å²) in [6, 6.07) is 21.3. The molecule has 3 aromatic rings. The standard InChI is InChI=1S/C24H15BrN2O4/c25-13-6-5-7-14(12-13)26-22(28)20-19-15-8-1-3-10-17(15)24(27(30)31,21(20)23(26)29)18-11-4-2-9-16(18)19/h1-12,19-21H/t19?,20-,21+,24?/m0/s1. The van der Waals surface area contributed by atoms with Crippen LogP contribution in [0.3, 0.4) is 0 Å². The maximum Gasteiger partial charge on any atom is 0.285 e. The van der Waals surface area contributed by atoms with Gasteiger partial charge in [0.25, 0.3) is 5.54 Å². The minimum atomic E-state index is -1.79. The van der Waals surface area contributed by atoms with E-state index < -0.39 is 29.2 Å². The van der Waals surface area contributed by atoms with E-state index in [4.69, 9.17) is 0 Å². The largest absolute Gasteiger partial charge is 0.285 e. The van der Waals surface area contributed by atoms with Crippen LogP contribution in [-0.2, 0) is 15.1 Å². The SMILES string of the molecule is O=C1[C@H]2C3c4ccccc4C([N+](=O)[O-])(c4ccccc43)[C@H]2C(=O)N1c1cccc(Br)c1. The smallest absolute Gasteiger partial charge is 0.274 e. The molecule has 0 unspecified atom stereocenters. The molecule has 31 heavy (non-hydrogen) atoms. The Bertz CT molecular complexity index is 1270. The number of anilines is 1. The van der Waals surface area contributed by atoms with Gasteiger partial charge in [-0.05, 0) is 29.3 Å². The zero-order chi connectivity index (χ0) is 21.5. The molecule has 0 aromatic heterocycles. The molecule has 0 N–H and O–H groups in total. The first-order valence-corrected chi connectivity index (χ1v) is 10.7. The van der Waals surface area contributed by atoms with Crippen molar-refractivity contribution in [3.8, 4) is 0 Å². The van der Waals surface area contributed by atoms with Gasteiger partial charge >= 0.3 is 0 Å². The lowest BCUT2D eigenvalue weighted by molar-refractivity contribution is -0.578. The lowest BCUT2D eigenvalue weighted by atomic mass is 9.51. The second-order valence-corrected chi connectivity index (χ2v) is 9.09. The summed E-state index contributed by atoms with van der Waals surface area (Å²) in [6.07, 6.45) is 0. The van der Waals surface area contributed by atoms with Gasteiger partial charge < -0.3 is 0 Å². The molecule has 2 atom stereocenters. The van der Waals surface area contributed by atoms with Gasteiger partial charge in [-0.1, -0.05) is 70.5 Å². The van der Waals surface area contributed by atoms with Gasteiger partial charge in [-0.3, -0.25) is 19.7 Å². The van der Waals surface area contributed by atoms with Crippen LogP contribution < -0.4 is 4.90 Å². The van der Waals surface area contributed by atoms with Gasteiger partial charge in [0.15, 0.2) is 0 Å². The molecule has 3 aromatic carbocycles. The molecule has 1 fully saturated rings. The second-order valence-electron chi connectivity index (χ2n) is 8.17. The van der Waals surface area contributed by atoms with Gasteiger partial charge in [0.1, 0.15) is 5.92 Å². The lowest BCUT2D eigenvalue weighted by Crippen LogP contribution is -2.57. The quantitative estimate of drug-likeness (QED) is 0.316. The van der Waals surface area contributed by atoms with Crippen molar-refractivity contribution in [1.82, 2.24) is 0 Å². The van der Waals surface area contributed by atoms with Crippen molar-refractivity contribution in [1.29, 1.82) is 0 Å². The summed E-state index contributed by atoms with van der Waals surface area (Å²) in [6.45, 7) is 0. The van der Waals surface area contributed by atoms with E-state index in [9.17, 15) is 19.7 Å². The van der Waals surface area contributed by atoms with Crippen molar-refractivity contribution >= 4 is 33.4 Å². The van der Waals surface area contributed by atoms with E-state index in [0.29, 0.717) is 16.8 Å². The van der Waals surface area contributed by atoms with Crippen LogP contribution in [0.2, 0.25) is 0 Å². The van der Waals surface area contributed by atoms with Crippen molar-refractivity contribution in [3.05, 3.63) is 110 Å². The van der Waals surface area contributed by atoms with Crippen molar-refractivity contribution in [2.75, 3.05) is 4.90 Å². The van der Waals surface area contributed by atoms with Crippen LogP contribution in [0.5, 0.6) is 0 Å². The van der Waals surface area contributed by atoms with E-state index in [0.717, 1.165) is 20.5 Å². The van der Waals surface area contributed by atoms with E-state index in [2.05, 4.69) is 15.9 Å². The topological polar surface area (TPSA) is 80.5 Å². The molecule has 4 aliphatic rings. The normalized spacial score (nSPS) is 27.6. The number of carbonyl (C=O) groups is 2. The van der Waals surface area contributed by atoms with Gasteiger partial charge in [-0.2, -0.15) is 0 Å². The highest BCUT2D eigenvalue weighted by Crippen LogP contribution is 2.64. The number of nitro groups is 1. The van der Waals surface area contributed by atoms with E-state index in [-0.39, 0.29) is 10.8 Å². The van der Waals surface area contributed by atoms with E-state index >= 15 is 0 Å². The minimum absolute atomic E-state index is 0.354. The third-order valence-electron chi connectivity index (χ3n) is 6.93. The summed E-state index contributed by atoms with van der Waals surface area (Å²) in [7, 11) is 0. The molecule has 0 saturated carbocycles. The molecule has 1 saturated heterocycles. The van der Waals surface area contributed by atoms with Crippen molar-refractivity contribution in [3.63, 3.8) is 0 Å². The Hall–Kier alpha value is -3.32. The maximum absolute atomic E-state index is 13.8. The highest BCUT2D eigenvalue weighted by molar-refractivity contribution is 9.10. The van der Waals surface area contributed by atoms with Gasteiger partial charge in [0.2, 0.25) is 11.8 Å². The summed E-state index contributed by atoms with van der Waals surface area (Å²) in [5, 5.41) is 12.9. The Labute approximate surface area is 185 Å². The van der Waals surface area contributed by atoms with Crippen LogP contribution >= 0.6 is 15.9 Å². The zero-order valence-corrected chi connectivity index (χ0v) is 17.7. The Kier molecular flexibility index (Phi) is 3.63. The van der Waals surface area contributed by atoms with Crippen molar-refractivity contribution in [2.45, 2.75) is 11.5 Å². The molecular weight excluding hydrogens is 460 g/mol. The van der Waals surface area contributed by atoms with Crippen molar-refractivity contribution in [2.24, 2.45) is 11.8 Å². The fourth-order valence-corrected chi connectivity index (χ4v) is 6.30. The number of amides is 2. The summed E-state index contributed by atoms with van der Waals surface area (Å²) < 4.78 is 0.721. The summed E-state index contributed by atoms with van der Waals surface area (Å²) in [4.78, 5) is 41.1. The molecule has 3 aliphatic carbocycles. The first kappa shape index (κ1) is 18.4.